The second kappa shape index (κ2) is 6.72. The SMILES string of the molecule is COc1cccc(OC)c1[C@@H](N)C(F)(F)CO.Cl. The Hall–Kier alpha value is -1.11. The largest absolute Gasteiger partial charge is 0.496 e. The summed E-state index contributed by atoms with van der Waals surface area (Å²) in [6, 6.07) is 2.92. The van der Waals surface area contributed by atoms with E-state index in [0.29, 0.717) is 0 Å². The lowest BCUT2D eigenvalue weighted by Gasteiger charge is -2.24. The van der Waals surface area contributed by atoms with E-state index in [1.165, 1.54) is 26.4 Å². The Bertz CT molecular complexity index is 368. The zero-order valence-electron chi connectivity index (χ0n) is 10.0. The van der Waals surface area contributed by atoms with Crippen molar-refractivity contribution in [3.05, 3.63) is 23.8 Å². The first-order valence-electron chi connectivity index (χ1n) is 4.93. The van der Waals surface area contributed by atoms with Gasteiger partial charge in [0.2, 0.25) is 0 Å². The standard InChI is InChI=1S/C11H15F2NO3.ClH/c1-16-7-4-3-5-8(17-2)9(7)10(14)11(12,13)6-15;/h3-5,10,15H,6,14H2,1-2H3;1H/t10-;/m1./s1. The van der Waals surface area contributed by atoms with Crippen molar-refractivity contribution >= 4 is 12.4 Å². The molecule has 3 N–H and O–H groups in total. The number of methoxy groups -OCH3 is 2. The van der Waals surface area contributed by atoms with Gasteiger partial charge in [-0.15, -0.1) is 12.4 Å². The summed E-state index contributed by atoms with van der Waals surface area (Å²) < 4.78 is 36.7. The van der Waals surface area contributed by atoms with Gasteiger partial charge in [-0.3, -0.25) is 0 Å². The van der Waals surface area contributed by atoms with Gasteiger partial charge in [0.25, 0.3) is 5.92 Å². The molecule has 0 saturated carbocycles. The Kier molecular flexibility index (Phi) is 6.31. The molecule has 0 amide bonds. The van der Waals surface area contributed by atoms with Crippen molar-refractivity contribution in [1.29, 1.82) is 0 Å². The molecule has 1 atom stereocenters. The third-order valence-electron chi connectivity index (χ3n) is 2.44. The summed E-state index contributed by atoms with van der Waals surface area (Å²) in [6.07, 6.45) is 0. The minimum Gasteiger partial charge on any atom is -0.496 e. The van der Waals surface area contributed by atoms with E-state index in [4.69, 9.17) is 20.3 Å². The van der Waals surface area contributed by atoms with E-state index in [9.17, 15) is 8.78 Å². The second-order valence-electron chi connectivity index (χ2n) is 3.47. The molecule has 0 bridgehead atoms. The summed E-state index contributed by atoms with van der Waals surface area (Å²) in [7, 11) is 2.70. The summed E-state index contributed by atoms with van der Waals surface area (Å²) in [5.41, 5.74) is 5.50. The van der Waals surface area contributed by atoms with Crippen LogP contribution in [0, 0.1) is 0 Å². The normalized spacial score (nSPS) is 12.6. The molecule has 104 valence electrons. The number of benzene rings is 1. The van der Waals surface area contributed by atoms with Gasteiger partial charge in [0.15, 0.2) is 0 Å². The van der Waals surface area contributed by atoms with Crippen LogP contribution in [0.4, 0.5) is 8.78 Å². The molecule has 0 aliphatic carbocycles. The van der Waals surface area contributed by atoms with Gasteiger partial charge >= 0.3 is 0 Å². The first-order chi connectivity index (χ1) is 7.97. The fourth-order valence-corrected chi connectivity index (χ4v) is 1.50. The van der Waals surface area contributed by atoms with Crippen molar-refractivity contribution in [2.24, 2.45) is 5.73 Å². The van der Waals surface area contributed by atoms with E-state index < -0.39 is 18.6 Å². The second-order valence-corrected chi connectivity index (χ2v) is 3.47. The number of halogens is 3. The molecule has 1 aromatic rings. The summed E-state index contributed by atoms with van der Waals surface area (Å²) in [5, 5.41) is 8.64. The van der Waals surface area contributed by atoms with E-state index in [2.05, 4.69) is 0 Å². The molecule has 0 unspecified atom stereocenters. The van der Waals surface area contributed by atoms with Crippen LogP contribution >= 0.6 is 12.4 Å². The molecule has 0 aliphatic heterocycles. The molecule has 0 saturated heterocycles. The quantitative estimate of drug-likeness (QED) is 0.864. The average molecular weight is 284 g/mol. The lowest BCUT2D eigenvalue weighted by atomic mass is 9.99. The lowest BCUT2D eigenvalue weighted by molar-refractivity contribution is -0.0719. The summed E-state index contributed by atoms with van der Waals surface area (Å²) in [6.45, 7) is -1.34. The molecule has 4 nitrogen and oxygen atoms in total. The van der Waals surface area contributed by atoms with Crippen molar-refractivity contribution in [3.8, 4) is 11.5 Å². The maximum atomic E-state index is 13.4. The lowest BCUT2D eigenvalue weighted by Crippen LogP contribution is -2.36. The van der Waals surface area contributed by atoms with E-state index in [0.717, 1.165) is 0 Å². The van der Waals surface area contributed by atoms with Gasteiger partial charge in [0.1, 0.15) is 24.1 Å². The van der Waals surface area contributed by atoms with E-state index in [1.807, 2.05) is 0 Å². The number of ether oxygens (including phenoxy) is 2. The van der Waals surface area contributed by atoms with Gasteiger partial charge in [-0.1, -0.05) is 6.07 Å². The van der Waals surface area contributed by atoms with Gasteiger partial charge in [0.05, 0.1) is 19.8 Å². The van der Waals surface area contributed by atoms with E-state index >= 15 is 0 Å². The van der Waals surface area contributed by atoms with Crippen LogP contribution in [-0.4, -0.2) is 31.9 Å². The first-order valence-corrected chi connectivity index (χ1v) is 4.93. The summed E-state index contributed by atoms with van der Waals surface area (Å²) in [5.74, 6) is -3.04. The van der Waals surface area contributed by atoms with Crippen molar-refractivity contribution in [1.82, 2.24) is 0 Å². The van der Waals surface area contributed by atoms with Crippen LogP contribution < -0.4 is 15.2 Å². The third-order valence-corrected chi connectivity index (χ3v) is 2.44. The monoisotopic (exact) mass is 283 g/mol. The van der Waals surface area contributed by atoms with Crippen LogP contribution in [0.15, 0.2) is 18.2 Å². The van der Waals surface area contributed by atoms with Crippen LogP contribution in [0.25, 0.3) is 0 Å². The molecular weight excluding hydrogens is 268 g/mol. The molecule has 0 fully saturated rings. The van der Waals surface area contributed by atoms with Crippen molar-refractivity contribution in [2.45, 2.75) is 12.0 Å². The summed E-state index contributed by atoms with van der Waals surface area (Å²) in [4.78, 5) is 0. The minimum atomic E-state index is -3.44. The van der Waals surface area contributed by atoms with Gasteiger partial charge in [-0.05, 0) is 12.1 Å². The van der Waals surface area contributed by atoms with Crippen LogP contribution in [0.1, 0.15) is 11.6 Å². The van der Waals surface area contributed by atoms with Crippen LogP contribution in [0.3, 0.4) is 0 Å². The number of hydrogen-bond acceptors (Lipinski definition) is 4. The minimum absolute atomic E-state index is 0. The molecule has 1 aromatic carbocycles. The zero-order chi connectivity index (χ0) is 13.1. The number of rotatable bonds is 5. The van der Waals surface area contributed by atoms with Gasteiger partial charge in [-0.2, -0.15) is 0 Å². The fraction of sp³-hybridized carbons (Fsp3) is 0.455. The molecule has 0 aliphatic rings. The number of aliphatic hydroxyl groups excluding tert-OH is 1. The summed E-state index contributed by atoms with van der Waals surface area (Å²) >= 11 is 0. The van der Waals surface area contributed by atoms with Crippen LogP contribution in [0.5, 0.6) is 11.5 Å². The van der Waals surface area contributed by atoms with E-state index in [1.54, 1.807) is 6.07 Å². The highest BCUT2D eigenvalue weighted by molar-refractivity contribution is 5.85. The Morgan fingerprint density at radius 1 is 1.28 bits per heavy atom. The third kappa shape index (κ3) is 3.22. The molecule has 1 rings (SSSR count). The van der Waals surface area contributed by atoms with Crippen molar-refractivity contribution < 1.29 is 23.4 Å². The smallest absolute Gasteiger partial charge is 0.289 e. The number of nitrogens with two attached hydrogens (primary N) is 1. The predicted molar refractivity (Wildman–Crippen MR) is 65.8 cm³/mol. The zero-order valence-corrected chi connectivity index (χ0v) is 10.8. The molecule has 18 heavy (non-hydrogen) atoms. The predicted octanol–water partition coefficient (Wildman–Crippen LogP) is 1.75. The highest BCUT2D eigenvalue weighted by Crippen LogP contribution is 2.39. The number of aliphatic hydroxyl groups is 1. The highest BCUT2D eigenvalue weighted by atomic mass is 35.5. The Morgan fingerprint density at radius 3 is 2.06 bits per heavy atom. The van der Waals surface area contributed by atoms with Crippen molar-refractivity contribution in [3.63, 3.8) is 0 Å². The first kappa shape index (κ1) is 16.9. The molecule has 0 aromatic heterocycles. The van der Waals surface area contributed by atoms with E-state index in [-0.39, 0.29) is 29.5 Å². The number of hydrogen-bond donors (Lipinski definition) is 2. The van der Waals surface area contributed by atoms with Gasteiger partial charge in [0, 0.05) is 0 Å². The van der Waals surface area contributed by atoms with Crippen LogP contribution in [0.2, 0.25) is 0 Å². The Labute approximate surface area is 110 Å². The van der Waals surface area contributed by atoms with Gasteiger partial charge in [-0.25, -0.2) is 8.78 Å². The fourth-order valence-electron chi connectivity index (χ4n) is 1.50. The van der Waals surface area contributed by atoms with Crippen LogP contribution in [-0.2, 0) is 0 Å². The highest BCUT2D eigenvalue weighted by Gasteiger charge is 2.40. The molecular formula is C11H16ClF2NO3. The molecule has 0 spiro atoms. The molecule has 7 heteroatoms. The Balaban J connectivity index is 0.00000289. The van der Waals surface area contributed by atoms with Gasteiger partial charge < -0.3 is 20.3 Å². The number of alkyl halides is 2. The average Bonchev–Trinajstić information content (AvgIpc) is 2.36. The maximum absolute atomic E-state index is 13.4. The topological polar surface area (TPSA) is 64.7 Å². The van der Waals surface area contributed by atoms with Crippen molar-refractivity contribution in [2.75, 3.05) is 20.8 Å². The maximum Gasteiger partial charge on any atom is 0.289 e. The molecule has 0 radical (unpaired) electrons. The Morgan fingerprint density at radius 2 is 1.72 bits per heavy atom. The molecule has 0 heterocycles.